The van der Waals surface area contributed by atoms with Crippen LogP contribution in [0.5, 0.6) is 5.75 Å². The van der Waals surface area contributed by atoms with Crippen molar-refractivity contribution in [2.75, 3.05) is 25.5 Å². The number of imidazole rings is 1. The first-order chi connectivity index (χ1) is 16.3. The minimum absolute atomic E-state index is 0.0448. The van der Waals surface area contributed by atoms with Gasteiger partial charge in [-0.15, -0.1) is 0 Å². The van der Waals surface area contributed by atoms with Crippen LogP contribution in [0.4, 0.5) is 14.5 Å². The molecule has 4 N–H and O–H groups in total. The van der Waals surface area contributed by atoms with Gasteiger partial charge >= 0.3 is 0 Å². The molecule has 2 heterocycles. The van der Waals surface area contributed by atoms with Gasteiger partial charge in [-0.05, 0) is 50.2 Å². The summed E-state index contributed by atoms with van der Waals surface area (Å²) in [5.74, 6) is -3.50. The number of hydrogen-bond acceptors (Lipinski definition) is 5. The van der Waals surface area contributed by atoms with Gasteiger partial charge in [0, 0.05) is 23.8 Å². The molecule has 1 unspecified atom stereocenters. The van der Waals surface area contributed by atoms with E-state index in [1.165, 1.54) is 31.4 Å². The summed E-state index contributed by atoms with van der Waals surface area (Å²) < 4.78 is 33.4. The molecule has 34 heavy (non-hydrogen) atoms. The van der Waals surface area contributed by atoms with Crippen molar-refractivity contribution in [3.8, 4) is 17.0 Å². The van der Waals surface area contributed by atoms with E-state index in [0.29, 0.717) is 23.5 Å². The van der Waals surface area contributed by atoms with Gasteiger partial charge in [-0.2, -0.15) is 4.39 Å². The Labute approximate surface area is 199 Å². The number of anilines is 1. The van der Waals surface area contributed by atoms with Crippen LogP contribution in [0.1, 0.15) is 33.1 Å². The first kappa shape index (κ1) is 23.7. The normalized spacial score (nSPS) is 15.3. The van der Waals surface area contributed by atoms with Crippen LogP contribution in [0.2, 0.25) is 5.02 Å². The molecule has 8 nitrogen and oxygen atoms in total. The number of carbonyl (C=O) groups excluding carboxylic acids is 2. The van der Waals surface area contributed by atoms with E-state index in [1.807, 2.05) is 0 Å². The lowest BCUT2D eigenvalue weighted by molar-refractivity contribution is 0.0939. The molecule has 0 spiro atoms. The third-order valence-electron chi connectivity index (χ3n) is 5.50. The highest BCUT2D eigenvalue weighted by Crippen LogP contribution is 2.30. The molecule has 1 aliphatic rings. The van der Waals surface area contributed by atoms with Gasteiger partial charge in [0.05, 0.1) is 29.1 Å². The van der Waals surface area contributed by atoms with Crippen LogP contribution in [0.15, 0.2) is 30.3 Å². The van der Waals surface area contributed by atoms with Crippen LogP contribution in [0, 0.1) is 18.6 Å². The number of ether oxygens (including phenoxy) is 1. The average Bonchev–Trinajstić information content (AvgIpc) is 3.45. The van der Waals surface area contributed by atoms with Crippen LogP contribution in [0.25, 0.3) is 11.3 Å². The summed E-state index contributed by atoms with van der Waals surface area (Å²) in [6.07, 6.45) is 0.842. The molecule has 1 aromatic heterocycles. The fourth-order valence-electron chi connectivity index (χ4n) is 3.72. The second kappa shape index (κ2) is 9.78. The van der Waals surface area contributed by atoms with E-state index in [4.69, 9.17) is 16.3 Å². The van der Waals surface area contributed by atoms with Crippen molar-refractivity contribution in [1.29, 1.82) is 0 Å². The molecule has 1 fully saturated rings. The molecule has 1 atom stereocenters. The summed E-state index contributed by atoms with van der Waals surface area (Å²) >= 11 is 6.27. The summed E-state index contributed by atoms with van der Waals surface area (Å²) in [4.78, 5) is 32.0. The van der Waals surface area contributed by atoms with Crippen molar-refractivity contribution in [3.63, 3.8) is 0 Å². The van der Waals surface area contributed by atoms with E-state index in [-0.39, 0.29) is 39.8 Å². The molecule has 3 aromatic rings. The number of H-pyrrole nitrogens is 1. The first-order valence-corrected chi connectivity index (χ1v) is 10.9. The summed E-state index contributed by atoms with van der Waals surface area (Å²) in [5, 5.41) is 8.88. The second-order valence-corrected chi connectivity index (χ2v) is 8.21. The average molecular weight is 490 g/mol. The Bertz CT molecular complexity index is 1260. The van der Waals surface area contributed by atoms with E-state index in [1.54, 1.807) is 13.0 Å². The number of amides is 2. The van der Waals surface area contributed by atoms with Crippen molar-refractivity contribution < 1.29 is 23.1 Å². The summed E-state index contributed by atoms with van der Waals surface area (Å²) in [6, 6.07) is 7.19. The lowest BCUT2D eigenvalue weighted by Gasteiger charge is -2.13. The van der Waals surface area contributed by atoms with Crippen LogP contribution >= 0.6 is 11.6 Å². The van der Waals surface area contributed by atoms with Crippen molar-refractivity contribution in [3.05, 3.63) is 64.1 Å². The van der Waals surface area contributed by atoms with E-state index in [0.717, 1.165) is 13.0 Å². The first-order valence-electron chi connectivity index (χ1n) is 10.5. The van der Waals surface area contributed by atoms with Crippen LogP contribution < -0.4 is 20.7 Å². The predicted molar refractivity (Wildman–Crippen MR) is 123 cm³/mol. The molecule has 0 bridgehead atoms. The molecular formula is C23H22ClF2N5O3. The van der Waals surface area contributed by atoms with Gasteiger partial charge in [-0.1, -0.05) is 11.6 Å². The van der Waals surface area contributed by atoms with Gasteiger partial charge < -0.3 is 25.7 Å². The van der Waals surface area contributed by atoms with Crippen LogP contribution in [0.3, 0.4) is 0 Å². The van der Waals surface area contributed by atoms with E-state index in [9.17, 15) is 18.4 Å². The Hall–Kier alpha value is -3.50. The zero-order valence-electron chi connectivity index (χ0n) is 18.4. The van der Waals surface area contributed by atoms with Crippen LogP contribution in [-0.4, -0.2) is 48.0 Å². The largest absolute Gasteiger partial charge is 0.494 e. The maximum Gasteiger partial charge on any atom is 0.291 e. The second-order valence-electron chi connectivity index (χ2n) is 7.80. The molecule has 4 rings (SSSR count). The molecular weight excluding hydrogens is 468 g/mol. The lowest BCUT2D eigenvalue weighted by atomic mass is 10.1. The number of aromatic amines is 1. The van der Waals surface area contributed by atoms with Gasteiger partial charge in [0.25, 0.3) is 11.8 Å². The Balaban J connectivity index is 1.50. The molecule has 0 radical (unpaired) electrons. The molecule has 1 saturated heterocycles. The third-order valence-corrected chi connectivity index (χ3v) is 5.82. The Morgan fingerprint density at radius 1 is 1.18 bits per heavy atom. The van der Waals surface area contributed by atoms with Crippen LogP contribution in [-0.2, 0) is 0 Å². The Morgan fingerprint density at radius 2 is 1.97 bits per heavy atom. The number of rotatable bonds is 6. The minimum atomic E-state index is -1.14. The molecule has 178 valence electrons. The quantitative estimate of drug-likeness (QED) is 0.422. The zero-order valence-corrected chi connectivity index (χ0v) is 19.1. The SMILES string of the molecule is COc1ccc(-c2[nH]c(C(=O)Nc3ccc(C(=O)NC4CCNC4)c(Cl)c3)nc2C)c(F)c1F. The third kappa shape index (κ3) is 4.73. The topological polar surface area (TPSA) is 108 Å². The van der Waals surface area contributed by atoms with Crippen molar-refractivity contribution in [2.45, 2.75) is 19.4 Å². The van der Waals surface area contributed by atoms with Gasteiger partial charge in [0.1, 0.15) is 0 Å². The highest BCUT2D eigenvalue weighted by molar-refractivity contribution is 6.34. The fraction of sp³-hybridized carbons (Fsp3) is 0.261. The van der Waals surface area contributed by atoms with E-state index >= 15 is 0 Å². The number of nitrogens with zero attached hydrogens (tertiary/aromatic N) is 1. The number of carbonyl (C=O) groups is 2. The molecule has 2 amide bonds. The number of benzene rings is 2. The maximum atomic E-state index is 14.5. The maximum absolute atomic E-state index is 14.5. The van der Waals surface area contributed by atoms with Gasteiger partial charge in [-0.25, -0.2) is 9.37 Å². The molecule has 0 saturated carbocycles. The lowest BCUT2D eigenvalue weighted by Crippen LogP contribution is -2.36. The number of hydrogen-bond donors (Lipinski definition) is 4. The fourth-order valence-corrected chi connectivity index (χ4v) is 3.99. The summed E-state index contributed by atoms with van der Waals surface area (Å²) in [7, 11) is 1.24. The Kier molecular flexibility index (Phi) is 6.80. The standard InChI is InChI=1S/C23H22ClF2N5O3/c1-11-20(15-5-6-17(34-2)19(26)18(15)25)31-21(28-11)23(33)29-12-3-4-14(16(24)9-12)22(32)30-13-7-8-27-10-13/h3-6,9,13,27H,7-8,10H2,1-2H3,(H,28,31)(H,29,33)(H,30,32). The number of nitrogens with one attached hydrogen (secondary N) is 4. The Morgan fingerprint density at radius 3 is 2.65 bits per heavy atom. The van der Waals surface area contributed by atoms with E-state index < -0.39 is 17.5 Å². The molecule has 1 aliphatic heterocycles. The smallest absolute Gasteiger partial charge is 0.291 e. The molecule has 11 heteroatoms. The highest BCUT2D eigenvalue weighted by Gasteiger charge is 2.22. The minimum Gasteiger partial charge on any atom is -0.494 e. The monoisotopic (exact) mass is 489 g/mol. The van der Waals surface area contributed by atoms with Gasteiger partial charge in [0.2, 0.25) is 5.82 Å². The summed E-state index contributed by atoms with van der Waals surface area (Å²) in [6.45, 7) is 3.11. The van der Waals surface area contributed by atoms with Gasteiger partial charge in [0.15, 0.2) is 17.4 Å². The van der Waals surface area contributed by atoms with Crippen molar-refractivity contribution in [2.24, 2.45) is 0 Å². The number of aromatic nitrogens is 2. The molecule has 0 aliphatic carbocycles. The summed E-state index contributed by atoms with van der Waals surface area (Å²) in [5.41, 5.74) is 1.01. The van der Waals surface area contributed by atoms with Crippen molar-refractivity contribution >= 4 is 29.1 Å². The number of methoxy groups -OCH3 is 1. The number of halogens is 3. The molecule has 2 aromatic carbocycles. The zero-order chi connectivity index (χ0) is 24.4. The van der Waals surface area contributed by atoms with Gasteiger partial charge in [-0.3, -0.25) is 9.59 Å². The highest BCUT2D eigenvalue weighted by atomic mass is 35.5. The number of aryl methyl sites for hydroxylation is 1. The predicted octanol–water partition coefficient (Wildman–Crippen LogP) is 3.67. The van der Waals surface area contributed by atoms with Crippen molar-refractivity contribution in [1.82, 2.24) is 20.6 Å². The van der Waals surface area contributed by atoms with E-state index in [2.05, 4.69) is 25.9 Å².